The second-order valence-electron chi connectivity index (χ2n) is 5.89. The lowest BCUT2D eigenvalue weighted by Crippen LogP contribution is -2.28. The van der Waals surface area contributed by atoms with Crippen LogP contribution in [0.15, 0.2) is 90.2 Å². The highest BCUT2D eigenvalue weighted by Crippen LogP contribution is 2.37. The van der Waals surface area contributed by atoms with Gasteiger partial charge >= 0.3 is 0 Å². The molecule has 1 N–H and O–H groups in total. The first-order valence-electron chi connectivity index (χ1n) is 8.24. The number of H-pyrrole nitrogens is 1. The van der Waals surface area contributed by atoms with E-state index >= 15 is 0 Å². The number of thioether (sulfide) groups is 1. The minimum absolute atomic E-state index is 0.0255. The molecular weight excluding hydrogens is 344 g/mol. The van der Waals surface area contributed by atoms with Crippen molar-refractivity contribution in [2.45, 2.75) is 10.3 Å². The van der Waals surface area contributed by atoms with Crippen LogP contribution in [-0.4, -0.2) is 10.8 Å². The Hall–Kier alpha value is -3.05. The topological polar surface area (TPSA) is 59.8 Å². The predicted octanol–water partition coefficient (Wildman–Crippen LogP) is 4.52. The maximum absolute atomic E-state index is 13.4. The van der Waals surface area contributed by atoms with Crippen molar-refractivity contribution < 1.29 is 9.52 Å². The summed E-state index contributed by atoms with van der Waals surface area (Å²) in [5.74, 6) is -0.0255. The molecule has 2 heterocycles. The van der Waals surface area contributed by atoms with Gasteiger partial charge in [0.15, 0.2) is 12.0 Å². The van der Waals surface area contributed by atoms with E-state index < -0.39 is 5.25 Å². The Morgan fingerprint density at radius 1 is 0.962 bits per heavy atom. The number of benzene rings is 2. The molecule has 26 heavy (non-hydrogen) atoms. The van der Waals surface area contributed by atoms with Gasteiger partial charge in [0.05, 0.1) is 0 Å². The van der Waals surface area contributed by atoms with E-state index in [-0.39, 0.29) is 5.78 Å². The van der Waals surface area contributed by atoms with Crippen molar-refractivity contribution in [2.75, 3.05) is 0 Å². The van der Waals surface area contributed by atoms with E-state index in [0.29, 0.717) is 10.6 Å². The quantitative estimate of drug-likeness (QED) is 0.246. The van der Waals surface area contributed by atoms with Gasteiger partial charge in [-0.3, -0.25) is 4.79 Å². The van der Waals surface area contributed by atoms with Crippen LogP contribution in [0.4, 0.5) is 0 Å². The maximum Gasteiger partial charge on any atom is 0.252 e. The zero-order valence-corrected chi connectivity index (χ0v) is 14.6. The molecule has 2 aromatic carbocycles. The van der Waals surface area contributed by atoms with Gasteiger partial charge in [0.2, 0.25) is 0 Å². The molecule has 0 aliphatic carbocycles. The highest BCUT2D eigenvalue weighted by Gasteiger charge is 2.28. The SMILES string of the molecule is O=C(c1c[nH]c2ccccc12)[C@H](Sc1cccc[n+]1[O-])c1ccccc1. The molecule has 0 aliphatic heterocycles. The monoisotopic (exact) mass is 360 g/mol. The molecule has 4 aromatic rings. The number of carbonyl (C=O) groups is 1. The summed E-state index contributed by atoms with van der Waals surface area (Å²) >= 11 is 1.27. The van der Waals surface area contributed by atoms with Crippen LogP contribution in [0.2, 0.25) is 0 Å². The van der Waals surface area contributed by atoms with Crippen LogP contribution >= 0.6 is 11.8 Å². The lowest BCUT2D eigenvalue weighted by molar-refractivity contribution is -0.645. The van der Waals surface area contributed by atoms with Crippen molar-refractivity contribution in [2.24, 2.45) is 0 Å². The number of ketones is 1. The minimum atomic E-state index is -0.502. The van der Waals surface area contributed by atoms with Crippen molar-refractivity contribution in [3.63, 3.8) is 0 Å². The van der Waals surface area contributed by atoms with E-state index in [1.165, 1.54) is 18.0 Å². The van der Waals surface area contributed by atoms with E-state index in [1.54, 1.807) is 24.4 Å². The first-order chi connectivity index (χ1) is 12.7. The number of Topliss-reactive ketones (excluding diaryl/α,β-unsaturated/α-hetero) is 1. The summed E-state index contributed by atoms with van der Waals surface area (Å²) in [4.78, 5) is 16.5. The third-order valence-corrected chi connectivity index (χ3v) is 5.50. The lowest BCUT2D eigenvalue weighted by atomic mass is 10.0. The summed E-state index contributed by atoms with van der Waals surface area (Å²) in [6.45, 7) is 0. The molecular formula is C21H16N2O2S. The fraction of sp³-hybridized carbons (Fsp3) is 0.0476. The van der Waals surface area contributed by atoms with Crippen LogP contribution < -0.4 is 4.73 Å². The molecule has 2 aromatic heterocycles. The molecule has 128 valence electrons. The van der Waals surface area contributed by atoms with Gasteiger partial charge in [-0.05, 0) is 29.5 Å². The third kappa shape index (κ3) is 3.09. The first kappa shape index (κ1) is 16.4. The number of aromatic nitrogens is 2. The number of hydrogen-bond donors (Lipinski definition) is 1. The van der Waals surface area contributed by atoms with Crippen LogP contribution in [0, 0.1) is 5.21 Å². The van der Waals surface area contributed by atoms with Crippen LogP contribution in [0.3, 0.4) is 0 Å². The molecule has 0 aliphatic rings. The molecule has 4 nitrogen and oxygen atoms in total. The smallest absolute Gasteiger partial charge is 0.252 e. The molecule has 0 saturated heterocycles. The average Bonchev–Trinajstić information content (AvgIpc) is 3.12. The molecule has 4 rings (SSSR count). The Kier molecular flexibility index (Phi) is 4.46. The second-order valence-corrected chi connectivity index (χ2v) is 7.01. The van der Waals surface area contributed by atoms with Gasteiger partial charge in [0.1, 0.15) is 5.25 Å². The Labute approximate surface area is 155 Å². The molecule has 5 heteroatoms. The molecule has 0 radical (unpaired) electrons. The highest BCUT2D eigenvalue weighted by molar-refractivity contribution is 8.00. The number of carbonyl (C=O) groups excluding carboxylic acids is 1. The summed E-state index contributed by atoms with van der Waals surface area (Å²) in [6, 6.07) is 22.5. The Morgan fingerprint density at radius 3 is 2.50 bits per heavy atom. The molecule has 0 unspecified atom stereocenters. The number of fused-ring (bicyclic) bond motifs is 1. The average molecular weight is 360 g/mol. The largest absolute Gasteiger partial charge is 0.618 e. The van der Waals surface area contributed by atoms with Crippen molar-refractivity contribution in [3.8, 4) is 0 Å². The maximum atomic E-state index is 13.4. The Bertz CT molecular complexity index is 1060. The second kappa shape index (κ2) is 7.06. The van der Waals surface area contributed by atoms with Gasteiger partial charge in [-0.2, -0.15) is 4.73 Å². The minimum Gasteiger partial charge on any atom is -0.618 e. The standard InChI is InChI=1S/C21H16N2O2S/c24-20(17-14-22-18-11-5-4-10-16(17)18)21(15-8-2-1-3-9-15)26-19-12-6-7-13-23(19)25/h1-14,21-22H/t21-/m1/s1. The van der Waals surface area contributed by atoms with Gasteiger partial charge in [-0.25, -0.2) is 0 Å². The number of pyridine rings is 1. The normalized spacial score (nSPS) is 12.2. The summed E-state index contributed by atoms with van der Waals surface area (Å²) in [5, 5.41) is 13.0. The van der Waals surface area contributed by atoms with E-state index in [4.69, 9.17) is 0 Å². The van der Waals surface area contributed by atoms with Crippen LogP contribution in [0.25, 0.3) is 10.9 Å². The fourth-order valence-corrected chi connectivity index (χ4v) is 4.03. The molecule has 1 atom stereocenters. The van der Waals surface area contributed by atoms with Gasteiger partial charge in [-0.15, -0.1) is 0 Å². The number of nitrogens with one attached hydrogen (secondary N) is 1. The first-order valence-corrected chi connectivity index (χ1v) is 9.12. The molecule has 0 saturated carbocycles. The van der Waals surface area contributed by atoms with Crippen LogP contribution in [0.1, 0.15) is 21.2 Å². The fourth-order valence-electron chi connectivity index (χ4n) is 2.94. The van der Waals surface area contributed by atoms with Crippen molar-refractivity contribution in [1.29, 1.82) is 0 Å². The number of hydrogen-bond acceptors (Lipinski definition) is 3. The third-order valence-electron chi connectivity index (χ3n) is 4.22. The van der Waals surface area contributed by atoms with Gasteiger partial charge < -0.3 is 10.2 Å². The number of para-hydroxylation sites is 1. The molecule has 0 fully saturated rings. The molecule has 0 bridgehead atoms. The Morgan fingerprint density at radius 2 is 1.69 bits per heavy atom. The zero-order valence-electron chi connectivity index (χ0n) is 13.8. The lowest BCUT2D eigenvalue weighted by Gasteiger charge is -2.15. The Balaban J connectivity index is 1.78. The number of nitrogens with zero attached hydrogens (tertiary/aromatic N) is 1. The van der Waals surface area contributed by atoms with Crippen molar-refractivity contribution >= 4 is 28.4 Å². The predicted molar refractivity (Wildman–Crippen MR) is 103 cm³/mol. The van der Waals surface area contributed by atoms with Crippen molar-refractivity contribution in [1.82, 2.24) is 4.98 Å². The molecule has 0 spiro atoms. The number of rotatable bonds is 5. The van der Waals surface area contributed by atoms with E-state index in [2.05, 4.69) is 4.98 Å². The van der Waals surface area contributed by atoms with E-state index in [9.17, 15) is 10.0 Å². The van der Waals surface area contributed by atoms with Crippen LogP contribution in [0.5, 0.6) is 0 Å². The highest BCUT2D eigenvalue weighted by atomic mass is 32.2. The number of aromatic amines is 1. The molecule has 0 amide bonds. The summed E-state index contributed by atoms with van der Waals surface area (Å²) in [6.07, 6.45) is 3.19. The van der Waals surface area contributed by atoms with Gasteiger partial charge in [0.25, 0.3) is 5.03 Å². The van der Waals surface area contributed by atoms with E-state index in [0.717, 1.165) is 21.2 Å². The van der Waals surface area contributed by atoms with Crippen LogP contribution in [-0.2, 0) is 0 Å². The summed E-state index contributed by atoms with van der Waals surface area (Å²) < 4.78 is 0.795. The zero-order chi connectivity index (χ0) is 17.9. The van der Waals surface area contributed by atoms with E-state index in [1.807, 2.05) is 54.6 Å². The van der Waals surface area contributed by atoms with Gasteiger partial charge in [0, 0.05) is 34.8 Å². The summed E-state index contributed by atoms with van der Waals surface area (Å²) in [7, 11) is 0. The summed E-state index contributed by atoms with van der Waals surface area (Å²) in [5.41, 5.74) is 2.43. The van der Waals surface area contributed by atoms with Gasteiger partial charge in [-0.1, -0.05) is 48.5 Å². The van der Waals surface area contributed by atoms with Crippen molar-refractivity contribution in [3.05, 3.63) is 102 Å².